The van der Waals surface area contributed by atoms with Gasteiger partial charge in [0.1, 0.15) is 5.69 Å². The lowest BCUT2D eigenvalue weighted by Gasteiger charge is -2.29. The van der Waals surface area contributed by atoms with Crippen molar-refractivity contribution in [3.63, 3.8) is 0 Å². The van der Waals surface area contributed by atoms with Gasteiger partial charge in [-0.1, -0.05) is 0 Å². The number of benzene rings is 1. The van der Waals surface area contributed by atoms with Crippen LogP contribution in [0, 0.1) is 10.1 Å². The van der Waals surface area contributed by atoms with Crippen LogP contribution in [0.15, 0.2) is 23.1 Å². The Hall–Kier alpha value is -1.71. The third-order valence-electron chi connectivity index (χ3n) is 3.48. The van der Waals surface area contributed by atoms with Gasteiger partial charge in [-0.3, -0.25) is 10.1 Å². The molecule has 2 atom stereocenters. The van der Waals surface area contributed by atoms with Gasteiger partial charge in [-0.2, -0.15) is 0 Å². The van der Waals surface area contributed by atoms with E-state index in [1.807, 2.05) is 6.92 Å². The van der Waals surface area contributed by atoms with Crippen molar-refractivity contribution in [1.82, 2.24) is 5.32 Å². The topological polar surface area (TPSA) is 127 Å². The molecule has 1 aromatic carbocycles. The Labute approximate surface area is 122 Å². The van der Waals surface area contributed by atoms with Gasteiger partial charge >= 0.3 is 0 Å². The van der Waals surface area contributed by atoms with Crippen molar-refractivity contribution in [2.24, 2.45) is 5.14 Å². The molecule has 0 aromatic heterocycles. The minimum Gasteiger partial charge on any atom is -0.377 e. The van der Waals surface area contributed by atoms with Crippen molar-refractivity contribution in [1.29, 1.82) is 0 Å². The largest absolute Gasteiger partial charge is 0.377 e. The molecule has 0 radical (unpaired) electrons. The molecular weight excluding hydrogens is 296 g/mol. The molecule has 1 saturated heterocycles. The molecule has 8 nitrogen and oxygen atoms in total. The standard InChI is InChI=1S/C12H18N4O4S/c1-8-6-9(4-5-14-8)15-11-3-2-10(21(13,19)20)7-12(11)16(17)18/h2-3,7-9,14-15H,4-6H2,1H3,(H2,13,19,20). The number of nitrogens with zero attached hydrogens (tertiary/aromatic N) is 1. The van der Waals surface area contributed by atoms with E-state index >= 15 is 0 Å². The number of nitrogens with two attached hydrogens (primary N) is 1. The summed E-state index contributed by atoms with van der Waals surface area (Å²) in [5.41, 5.74) is 0.0270. The summed E-state index contributed by atoms with van der Waals surface area (Å²) in [6, 6.07) is 4.10. The summed E-state index contributed by atoms with van der Waals surface area (Å²) >= 11 is 0. The first-order valence-electron chi connectivity index (χ1n) is 6.58. The Bertz CT molecular complexity index is 647. The van der Waals surface area contributed by atoms with Crippen LogP contribution in [-0.4, -0.2) is 32.0 Å². The normalized spacial score (nSPS) is 22.8. The molecule has 1 aliphatic rings. The van der Waals surface area contributed by atoms with Crippen molar-refractivity contribution in [2.45, 2.75) is 36.7 Å². The van der Waals surface area contributed by atoms with E-state index in [0.29, 0.717) is 11.7 Å². The Kier molecular flexibility index (Phi) is 4.45. The zero-order valence-electron chi connectivity index (χ0n) is 11.6. The third kappa shape index (κ3) is 3.90. The second kappa shape index (κ2) is 5.96. The maximum atomic E-state index is 11.3. The minimum absolute atomic E-state index is 0.111. The fourth-order valence-electron chi connectivity index (χ4n) is 2.44. The van der Waals surface area contributed by atoms with Gasteiger partial charge in [0.05, 0.1) is 9.82 Å². The van der Waals surface area contributed by atoms with E-state index in [1.54, 1.807) is 0 Å². The van der Waals surface area contributed by atoms with Crippen molar-refractivity contribution in [2.75, 3.05) is 11.9 Å². The van der Waals surface area contributed by atoms with Gasteiger partial charge in [-0.05, 0) is 38.4 Å². The molecule has 0 aliphatic carbocycles. The molecule has 1 heterocycles. The molecule has 0 spiro atoms. The zero-order valence-corrected chi connectivity index (χ0v) is 12.4. The van der Waals surface area contributed by atoms with Crippen molar-refractivity contribution >= 4 is 21.4 Å². The van der Waals surface area contributed by atoms with Crippen LogP contribution in [0.25, 0.3) is 0 Å². The van der Waals surface area contributed by atoms with Crippen molar-refractivity contribution in [3.8, 4) is 0 Å². The molecule has 2 unspecified atom stereocenters. The summed E-state index contributed by atoms with van der Waals surface area (Å²) < 4.78 is 22.6. The van der Waals surface area contributed by atoms with Crippen LogP contribution in [0.2, 0.25) is 0 Å². The van der Waals surface area contributed by atoms with E-state index < -0.39 is 14.9 Å². The predicted octanol–water partition coefficient (Wildman–Crippen LogP) is 0.795. The molecule has 0 saturated carbocycles. The van der Waals surface area contributed by atoms with Gasteiger partial charge in [-0.25, -0.2) is 13.6 Å². The van der Waals surface area contributed by atoms with Crippen molar-refractivity contribution < 1.29 is 13.3 Å². The molecule has 1 aliphatic heterocycles. The molecule has 1 fully saturated rings. The summed E-state index contributed by atoms with van der Waals surface area (Å²) in [5.74, 6) is 0. The van der Waals surface area contributed by atoms with Gasteiger partial charge in [-0.15, -0.1) is 0 Å². The number of piperidine rings is 1. The van der Waals surface area contributed by atoms with E-state index in [2.05, 4.69) is 10.6 Å². The average Bonchev–Trinajstić information content (AvgIpc) is 2.37. The third-order valence-corrected chi connectivity index (χ3v) is 4.39. The lowest BCUT2D eigenvalue weighted by molar-refractivity contribution is -0.384. The molecule has 116 valence electrons. The number of hydrogen-bond acceptors (Lipinski definition) is 6. The molecule has 2 rings (SSSR count). The predicted molar refractivity (Wildman–Crippen MR) is 78.6 cm³/mol. The highest BCUT2D eigenvalue weighted by molar-refractivity contribution is 7.89. The first-order chi connectivity index (χ1) is 9.77. The monoisotopic (exact) mass is 314 g/mol. The van der Waals surface area contributed by atoms with Gasteiger partial charge in [0.15, 0.2) is 0 Å². The smallest absolute Gasteiger partial charge is 0.293 e. The summed E-state index contributed by atoms with van der Waals surface area (Å²) in [6.45, 7) is 2.88. The molecule has 1 aromatic rings. The van der Waals surface area contributed by atoms with Gasteiger partial charge in [0.2, 0.25) is 10.0 Å². The van der Waals surface area contributed by atoms with E-state index in [4.69, 9.17) is 5.14 Å². The van der Waals surface area contributed by atoms with Crippen LogP contribution >= 0.6 is 0 Å². The minimum atomic E-state index is -3.96. The second-order valence-corrected chi connectivity index (χ2v) is 6.76. The zero-order chi connectivity index (χ0) is 15.6. The van der Waals surface area contributed by atoms with Crippen LogP contribution in [0.3, 0.4) is 0 Å². The van der Waals surface area contributed by atoms with Crippen LogP contribution < -0.4 is 15.8 Å². The SMILES string of the molecule is CC1CC(Nc2ccc(S(N)(=O)=O)cc2[N+](=O)[O-])CCN1. The number of rotatable bonds is 4. The number of sulfonamides is 1. The highest BCUT2D eigenvalue weighted by Crippen LogP contribution is 2.29. The van der Waals surface area contributed by atoms with E-state index in [0.717, 1.165) is 25.5 Å². The van der Waals surface area contributed by atoms with E-state index in [9.17, 15) is 18.5 Å². The molecule has 4 N–H and O–H groups in total. The fourth-order valence-corrected chi connectivity index (χ4v) is 2.98. The van der Waals surface area contributed by atoms with Gasteiger partial charge in [0, 0.05) is 18.2 Å². The Morgan fingerprint density at radius 1 is 1.48 bits per heavy atom. The Morgan fingerprint density at radius 3 is 2.76 bits per heavy atom. The van der Waals surface area contributed by atoms with Crippen LogP contribution in [0.4, 0.5) is 11.4 Å². The highest BCUT2D eigenvalue weighted by atomic mass is 32.2. The summed E-state index contributed by atoms with van der Waals surface area (Å²) in [7, 11) is -3.96. The molecular formula is C12H18N4O4S. The number of primary sulfonamides is 1. The summed E-state index contributed by atoms with van der Waals surface area (Å²) in [5, 5.41) is 22.5. The summed E-state index contributed by atoms with van der Waals surface area (Å²) in [6.07, 6.45) is 1.69. The van der Waals surface area contributed by atoms with Gasteiger partial charge in [0.25, 0.3) is 5.69 Å². The van der Waals surface area contributed by atoms with Crippen LogP contribution in [0.1, 0.15) is 19.8 Å². The maximum absolute atomic E-state index is 11.3. The number of hydrogen-bond donors (Lipinski definition) is 3. The summed E-state index contributed by atoms with van der Waals surface area (Å²) in [4.78, 5) is 10.2. The lowest BCUT2D eigenvalue weighted by Crippen LogP contribution is -2.41. The molecule has 9 heteroatoms. The van der Waals surface area contributed by atoms with E-state index in [-0.39, 0.29) is 16.6 Å². The van der Waals surface area contributed by atoms with Gasteiger partial charge < -0.3 is 10.6 Å². The number of nitrogens with one attached hydrogen (secondary N) is 2. The number of anilines is 1. The first kappa shape index (κ1) is 15.7. The Balaban J connectivity index is 2.28. The number of nitro benzene ring substituents is 1. The molecule has 21 heavy (non-hydrogen) atoms. The quantitative estimate of drug-likeness (QED) is 0.557. The highest BCUT2D eigenvalue weighted by Gasteiger charge is 2.23. The molecule has 0 amide bonds. The maximum Gasteiger partial charge on any atom is 0.293 e. The molecule has 0 bridgehead atoms. The fraction of sp³-hybridized carbons (Fsp3) is 0.500. The number of nitro groups is 1. The van der Waals surface area contributed by atoms with Crippen LogP contribution in [-0.2, 0) is 10.0 Å². The second-order valence-electron chi connectivity index (χ2n) is 5.20. The average molecular weight is 314 g/mol. The Morgan fingerprint density at radius 2 is 2.19 bits per heavy atom. The van der Waals surface area contributed by atoms with Crippen molar-refractivity contribution in [3.05, 3.63) is 28.3 Å². The lowest BCUT2D eigenvalue weighted by atomic mass is 10.0. The van der Waals surface area contributed by atoms with E-state index in [1.165, 1.54) is 12.1 Å². The van der Waals surface area contributed by atoms with Crippen LogP contribution in [0.5, 0.6) is 0 Å². The first-order valence-corrected chi connectivity index (χ1v) is 8.13.